The van der Waals surface area contributed by atoms with Gasteiger partial charge in [0.2, 0.25) is 0 Å². The maximum Gasteiger partial charge on any atom is 0.0887 e. The Labute approximate surface area is 91.8 Å². The second-order valence-electron chi connectivity index (χ2n) is 4.15. The van der Waals surface area contributed by atoms with E-state index < -0.39 is 0 Å². The van der Waals surface area contributed by atoms with Gasteiger partial charge in [-0.15, -0.1) is 0 Å². The summed E-state index contributed by atoms with van der Waals surface area (Å²) < 4.78 is 5.69. The van der Waals surface area contributed by atoms with Crippen molar-refractivity contribution in [3.05, 3.63) is 48.0 Å². The predicted octanol–water partition coefficient (Wildman–Crippen LogP) is 3.35. The molecular weight excluding hydrogens is 184 g/mol. The second-order valence-corrected chi connectivity index (χ2v) is 4.15. The van der Waals surface area contributed by atoms with E-state index >= 15 is 0 Å². The van der Waals surface area contributed by atoms with Crippen molar-refractivity contribution in [1.82, 2.24) is 0 Å². The van der Waals surface area contributed by atoms with Gasteiger partial charge in [-0.3, -0.25) is 0 Å². The van der Waals surface area contributed by atoms with Crippen LogP contribution in [0.5, 0.6) is 0 Å². The van der Waals surface area contributed by atoms with Crippen LogP contribution in [-0.2, 0) is 11.2 Å². The molecule has 0 amide bonds. The summed E-state index contributed by atoms with van der Waals surface area (Å²) in [5.41, 5.74) is 1.45. The van der Waals surface area contributed by atoms with Gasteiger partial charge in [-0.25, -0.2) is 0 Å². The van der Waals surface area contributed by atoms with Crippen molar-refractivity contribution in [3.8, 4) is 0 Å². The third-order valence-electron chi connectivity index (χ3n) is 3.06. The number of hydrogen-bond acceptors (Lipinski definition) is 1. The fourth-order valence-corrected chi connectivity index (χ4v) is 2.08. The maximum absolute atomic E-state index is 5.69. The zero-order chi connectivity index (χ0) is 10.6. The van der Waals surface area contributed by atoms with Crippen LogP contribution < -0.4 is 0 Å². The van der Waals surface area contributed by atoms with Gasteiger partial charge in [-0.05, 0) is 25.3 Å². The minimum absolute atomic E-state index is 0.0462. The van der Waals surface area contributed by atoms with Crippen LogP contribution in [0.2, 0.25) is 0 Å². The average Bonchev–Trinajstić information content (AvgIpc) is 2.23. The van der Waals surface area contributed by atoms with Crippen molar-refractivity contribution in [1.29, 1.82) is 0 Å². The number of aryl methyl sites for hydroxylation is 1. The molecule has 1 fully saturated rings. The Balaban J connectivity index is 1.92. The first-order valence-electron chi connectivity index (χ1n) is 5.66. The lowest BCUT2D eigenvalue weighted by molar-refractivity contribution is -0.116. The number of benzene rings is 1. The normalized spacial score (nSPS) is 25.4. The molecule has 80 valence electrons. The van der Waals surface area contributed by atoms with E-state index in [1.165, 1.54) is 12.0 Å². The Morgan fingerprint density at radius 3 is 2.60 bits per heavy atom. The lowest BCUT2D eigenvalue weighted by Gasteiger charge is -2.39. The fraction of sp³-hybridized carbons (Fsp3) is 0.429. The van der Waals surface area contributed by atoms with Gasteiger partial charge < -0.3 is 4.74 Å². The van der Waals surface area contributed by atoms with E-state index in [1.807, 2.05) is 0 Å². The first-order valence-corrected chi connectivity index (χ1v) is 5.66. The van der Waals surface area contributed by atoms with Crippen LogP contribution in [0.4, 0.5) is 0 Å². The van der Waals surface area contributed by atoms with Crippen LogP contribution in [0.25, 0.3) is 0 Å². The van der Waals surface area contributed by atoms with Crippen LogP contribution in [0.1, 0.15) is 25.3 Å². The molecule has 1 atom stereocenters. The summed E-state index contributed by atoms with van der Waals surface area (Å²) >= 11 is 0. The molecule has 1 saturated heterocycles. The molecule has 15 heavy (non-hydrogen) atoms. The summed E-state index contributed by atoms with van der Waals surface area (Å²) in [5, 5.41) is 0. The molecule has 0 radical (unpaired) electrons. The van der Waals surface area contributed by atoms with Gasteiger partial charge in [-0.2, -0.15) is 0 Å². The molecule has 0 aromatic heterocycles. The Morgan fingerprint density at radius 1 is 1.33 bits per heavy atom. The summed E-state index contributed by atoms with van der Waals surface area (Å²) in [5.74, 6) is 0. The highest BCUT2D eigenvalue weighted by Gasteiger charge is 2.34. The van der Waals surface area contributed by atoms with Crippen LogP contribution >= 0.6 is 0 Å². The Morgan fingerprint density at radius 2 is 2.07 bits per heavy atom. The van der Waals surface area contributed by atoms with E-state index in [9.17, 15) is 0 Å². The first kappa shape index (κ1) is 10.4. The maximum atomic E-state index is 5.69. The first-order chi connectivity index (χ1) is 7.35. The molecule has 0 aliphatic carbocycles. The van der Waals surface area contributed by atoms with Crippen molar-refractivity contribution >= 4 is 0 Å². The SMILES string of the molecule is C/C=C/C1(CCc2ccccc2)CCO1. The van der Waals surface area contributed by atoms with Gasteiger partial charge >= 0.3 is 0 Å². The number of allylic oxidation sites excluding steroid dienone is 1. The van der Waals surface area contributed by atoms with Crippen LogP contribution in [-0.4, -0.2) is 12.2 Å². The minimum atomic E-state index is 0.0462. The number of ether oxygens (including phenoxy) is 1. The van der Waals surface area contributed by atoms with E-state index in [2.05, 4.69) is 49.4 Å². The minimum Gasteiger partial charge on any atom is -0.371 e. The van der Waals surface area contributed by atoms with Gasteiger partial charge in [0.1, 0.15) is 0 Å². The molecule has 1 aliphatic rings. The van der Waals surface area contributed by atoms with Crippen molar-refractivity contribution in [3.63, 3.8) is 0 Å². The molecule has 1 aromatic carbocycles. The van der Waals surface area contributed by atoms with Gasteiger partial charge in [0.05, 0.1) is 12.2 Å². The van der Waals surface area contributed by atoms with Crippen molar-refractivity contribution in [2.45, 2.75) is 31.8 Å². The fourth-order valence-electron chi connectivity index (χ4n) is 2.08. The highest BCUT2D eigenvalue weighted by molar-refractivity contribution is 5.16. The van der Waals surface area contributed by atoms with Gasteiger partial charge in [0, 0.05) is 6.42 Å². The van der Waals surface area contributed by atoms with Crippen LogP contribution in [0.3, 0.4) is 0 Å². The largest absolute Gasteiger partial charge is 0.371 e. The van der Waals surface area contributed by atoms with Gasteiger partial charge in [-0.1, -0.05) is 42.5 Å². The van der Waals surface area contributed by atoms with Gasteiger partial charge in [0.25, 0.3) is 0 Å². The molecule has 0 spiro atoms. The van der Waals surface area contributed by atoms with Crippen molar-refractivity contribution in [2.24, 2.45) is 0 Å². The molecule has 1 unspecified atom stereocenters. The summed E-state index contributed by atoms with van der Waals surface area (Å²) in [6.45, 7) is 2.98. The van der Waals surface area contributed by atoms with E-state index in [1.54, 1.807) is 0 Å². The highest BCUT2D eigenvalue weighted by atomic mass is 16.5. The number of hydrogen-bond donors (Lipinski definition) is 0. The van der Waals surface area contributed by atoms with E-state index in [-0.39, 0.29) is 5.60 Å². The highest BCUT2D eigenvalue weighted by Crippen LogP contribution is 2.32. The van der Waals surface area contributed by atoms with E-state index in [4.69, 9.17) is 4.74 Å². The molecular formula is C14H18O. The third-order valence-corrected chi connectivity index (χ3v) is 3.06. The molecule has 1 heteroatoms. The summed E-state index contributed by atoms with van der Waals surface area (Å²) in [6.07, 6.45) is 7.68. The summed E-state index contributed by atoms with van der Waals surface area (Å²) in [7, 11) is 0. The topological polar surface area (TPSA) is 9.23 Å². The third kappa shape index (κ3) is 2.48. The zero-order valence-electron chi connectivity index (χ0n) is 9.28. The van der Waals surface area contributed by atoms with E-state index in [0.717, 1.165) is 19.4 Å². The lowest BCUT2D eigenvalue weighted by atomic mass is 9.87. The molecule has 1 heterocycles. The van der Waals surface area contributed by atoms with Gasteiger partial charge in [0.15, 0.2) is 0 Å². The quantitative estimate of drug-likeness (QED) is 0.680. The molecule has 2 rings (SSSR count). The van der Waals surface area contributed by atoms with Crippen LogP contribution in [0.15, 0.2) is 42.5 Å². The van der Waals surface area contributed by atoms with E-state index in [0.29, 0.717) is 0 Å². The summed E-state index contributed by atoms with van der Waals surface area (Å²) in [6, 6.07) is 10.6. The Kier molecular flexibility index (Phi) is 3.22. The van der Waals surface area contributed by atoms with Crippen LogP contribution in [0, 0.1) is 0 Å². The predicted molar refractivity (Wildman–Crippen MR) is 62.9 cm³/mol. The monoisotopic (exact) mass is 202 g/mol. The number of rotatable bonds is 4. The average molecular weight is 202 g/mol. The summed E-state index contributed by atoms with van der Waals surface area (Å²) in [4.78, 5) is 0. The standard InChI is InChI=1S/C14H18O/c1-2-9-14(11-12-15-14)10-8-13-6-4-3-5-7-13/h2-7,9H,8,10-12H2,1H3/b9-2+. The molecule has 0 bridgehead atoms. The molecule has 0 saturated carbocycles. The molecule has 1 nitrogen and oxygen atoms in total. The second kappa shape index (κ2) is 4.63. The smallest absolute Gasteiger partial charge is 0.0887 e. The zero-order valence-corrected chi connectivity index (χ0v) is 9.28. The molecule has 0 N–H and O–H groups in total. The molecule has 1 aliphatic heterocycles. The Bertz CT molecular complexity index is 322. The van der Waals surface area contributed by atoms with Crippen molar-refractivity contribution < 1.29 is 4.74 Å². The Hall–Kier alpha value is -1.08. The molecule has 1 aromatic rings. The lowest BCUT2D eigenvalue weighted by Crippen LogP contribution is -2.42. The van der Waals surface area contributed by atoms with Crippen molar-refractivity contribution in [2.75, 3.05) is 6.61 Å².